The molecule has 0 unspecified atom stereocenters. The number of fused-ring (bicyclic) bond motifs is 2. The quantitative estimate of drug-likeness (QED) is 0.263. The lowest BCUT2D eigenvalue weighted by Gasteiger charge is -2.20. The number of nitrogens with one attached hydrogen (secondary N) is 1. The van der Waals surface area contributed by atoms with Crippen molar-refractivity contribution >= 4 is 45.9 Å². The van der Waals surface area contributed by atoms with Gasteiger partial charge in [-0.3, -0.25) is 9.59 Å². The molecule has 0 saturated heterocycles. The summed E-state index contributed by atoms with van der Waals surface area (Å²) in [4.78, 5) is 41.2. The SMILES string of the molecule is C[C@@]1(c2nc(CCC(=O)O)cs2)C(=O)Nc2nc(-c3nn(CCC(F)(F)C(F)(F)F)c4ncccc34)nc(N)c21. The molecule has 1 atom stereocenters. The van der Waals surface area contributed by atoms with Gasteiger partial charge in [0.05, 0.1) is 23.1 Å². The van der Waals surface area contributed by atoms with E-state index in [1.807, 2.05) is 0 Å². The average Bonchev–Trinajstić information content (AvgIpc) is 3.56. The zero-order valence-electron chi connectivity index (χ0n) is 20.5. The number of thiazole rings is 1. The van der Waals surface area contributed by atoms with Crippen molar-refractivity contribution in [2.24, 2.45) is 0 Å². The molecule has 0 spiro atoms. The lowest BCUT2D eigenvalue weighted by molar-refractivity contribution is -0.285. The molecular weight excluding hydrogens is 563 g/mol. The highest BCUT2D eigenvalue weighted by Gasteiger charge is 2.57. The van der Waals surface area contributed by atoms with Crippen molar-refractivity contribution in [1.29, 1.82) is 0 Å². The minimum absolute atomic E-state index is 0.0148. The summed E-state index contributed by atoms with van der Waals surface area (Å²) in [6.45, 7) is 0.770. The van der Waals surface area contributed by atoms with E-state index in [2.05, 4.69) is 30.4 Å². The number of halogens is 5. The molecule has 0 saturated carbocycles. The number of nitrogens with two attached hydrogens (primary N) is 1. The molecule has 1 aliphatic heterocycles. The highest BCUT2D eigenvalue weighted by atomic mass is 32.1. The zero-order valence-corrected chi connectivity index (χ0v) is 21.3. The summed E-state index contributed by atoms with van der Waals surface area (Å²) >= 11 is 1.15. The number of carboxylic acids is 1. The fourth-order valence-corrected chi connectivity index (χ4v) is 5.34. The average molecular weight is 583 g/mol. The number of nitrogens with zero attached hydrogens (tertiary/aromatic N) is 6. The van der Waals surface area contributed by atoms with Crippen molar-refractivity contribution < 1.29 is 36.6 Å². The van der Waals surface area contributed by atoms with Crippen molar-refractivity contribution in [3.05, 3.63) is 40.0 Å². The van der Waals surface area contributed by atoms with Gasteiger partial charge in [-0.25, -0.2) is 24.6 Å². The van der Waals surface area contributed by atoms with Gasteiger partial charge >= 0.3 is 18.1 Å². The van der Waals surface area contributed by atoms with E-state index in [4.69, 9.17) is 10.8 Å². The second-order valence-corrected chi connectivity index (χ2v) is 10.0. The van der Waals surface area contributed by atoms with E-state index in [9.17, 15) is 31.5 Å². The number of rotatable bonds is 8. The van der Waals surface area contributed by atoms with Crippen LogP contribution in [-0.2, 0) is 28.0 Å². The Kier molecular flexibility index (Phi) is 6.43. The van der Waals surface area contributed by atoms with E-state index in [1.165, 1.54) is 18.3 Å². The summed E-state index contributed by atoms with van der Waals surface area (Å²) in [6.07, 6.45) is -5.93. The smallest absolute Gasteiger partial charge is 0.453 e. The Balaban J connectivity index is 1.53. The minimum Gasteiger partial charge on any atom is -0.481 e. The number of carbonyl (C=O) groups excluding carboxylic acids is 1. The van der Waals surface area contributed by atoms with Crippen LogP contribution in [0.2, 0.25) is 0 Å². The number of aryl methyl sites for hydroxylation is 2. The number of hydrogen-bond donors (Lipinski definition) is 3. The third kappa shape index (κ3) is 4.48. The molecule has 210 valence electrons. The van der Waals surface area contributed by atoms with E-state index < -0.39 is 42.4 Å². The number of carboxylic acid groups (broad SMARTS) is 1. The Labute approximate surface area is 225 Å². The maximum Gasteiger partial charge on any atom is 0.453 e. The van der Waals surface area contributed by atoms with Gasteiger partial charge in [0.15, 0.2) is 11.5 Å². The summed E-state index contributed by atoms with van der Waals surface area (Å²) in [5, 5.41) is 18.0. The molecule has 5 heterocycles. The molecule has 0 radical (unpaired) electrons. The Bertz CT molecular complexity index is 1650. The van der Waals surface area contributed by atoms with Crippen LogP contribution in [-0.4, -0.2) is 58.8 Å². The highest BCUT2D eigenvalue weighted by Crippen LogP contribution is 2.46. The van der Waals surface area contributed by atoms with Crippen LogP contribution in [0.3, 0.4) is 0 Å². The van der Waals surface area contributed by atoms with Crippen molar-refractivity contribution in [3.63, 3.8) is 0 Å². The van der Waals surface area contributed by atoms with Gasteiger partial charge in [0.25, 0.3) is 0 Å². The minimum atomic E-state index is -5.72. The molecule has 0 aliphatic carbocycles. The van der Waals surface area contributed by atoms with Crippen LogP contribution in [0.5, 0.6) is 0 Å². The first kappa shape index (κ1) is 27.3. The second-order valence-electron chi connectivity index (χ2n) is 9.17. The molecule has 11 nitrogen and oxygen atoms in total. The van der Waals surface area contributed by atoms with Crippen LogP contribution in [0.15, 0.2) is 23.7 Å². The molecule has 0 bridgehead atoms. The van der Waals surface area contributed by atoms with Crippen LogP contribution in [0.1, 0.15) is 36.0 Å². The summed E-state index contributed by atoms with van der Waals surface area (Å²) in [5.74, 6) is -6.61. The molecule has 0 aromatic carbocycles. The highest BCUT2D eigenvalue weighted by molar-refractivity contribution is 7.10. The molecule has 17 heteroatoms. The summed E-state index contributed by atoms with van der Waals surface area (Å²) in [6, 6.07) is 3.04. The Morgan fingerprint density at radius 3 is 2.67 bits per heavy atom. The fraction of sp³-hybridized carbons (Fsp3) is 0.348. The largest absolute Gasteiger partial charge is 0.481 e. The van der Waals surface area contributed by atoms with Gasteiger partial charge in [0.1, 0.15) is 27.8 Å². The first-order valence-corrected chi connectivity index (χ1v) is 12.5. The predicted molar refractivity (Wildman–Crippen MR) is 132 cm³/mol. The van der Waals surface area contributed by atoms with Crippen LogP contribution in [0.4, 0.5) is 33.6 Å². The lowest BCUT2D eigenvalue weighted by Crippen LogP contribution is -2.37. The molecule has 5 rings (SSSR count). The molecular formula is C23H19F5N8O3S. The van der Waals surface area contributed by atoms with Crippen LogP contribution < -0.4 is 11.1 Å². The molecule has 4 N–H and O–H groups in total. The maximum absolute atomic E-state index is 13.6. The normalized spacial score (nSPS) is 17.3. The number of nitrogen functional groups attached to an aromatic ring is 1. The molecule has 4 aromatic heterocycles. The number of alkyl halides is 5. The topological polar surface area (TPSA) is 162 Å². The molecule has 0 fully saturated rings. The maximum atomic E-state index is 13.6. The van der Waals surface area contributed by atoms with Gasteiger partial charge in [0.2, 0.25) is 5.91 Å². The summed E-state index contributed by atoms with van der Waals surface area (Å²) < 4.78 is 66.1. The van der Waals surface area contributed by atoms with Crippen molar-refractivity contribution in [1.82, 2.24) is 29.7 Å². The Hall–Kier alpha value is -4.28. The van der Waals surface area contributed by atoms with E-state index >= 15 is 0 Å². The van der Waals surface area contributed by atoms with E-state index in [-0.39, 0.29) is 52.6 Å². The Morgan fingerprint density at radius 1 is 1.23 bits per heavy atom. The van der Waals surface area contributed by atoms with Crippen molar-refractivity contribution in [2.75, 3.05) is 11.1 Å². The molecule has 1 aliphatic rings. The monoisotopic (exact) mass is 582 g/mol. The van der Waals surface area contributed by atoms with Gasteiger partial charge in [0, 0.05) is 31.0 Å². The number of carbonyl (C=O) groups is 2. The summed E-state index contributed by atoms with van der Waals surface area (Å²) in [7, 11) is 0. The summed E-state index contributed by atoms with van der Waals surface area (Å²) in [5.41, 5.74) is 5.66. The van der Waals surface area contributed by atoms with Gasteiger partial charge in [-0.2, -0.15) is 27.1 Å². The number of anilines is 2. The van der Waals surface area contributed by atoms with Crippen LogP contribution in [0, 0.1) is 0 Å². The Morgan fingerprint density at radius 2 is 1.98 bits per heavy atom. The number of pyridine rings is 1. The molecule has 1 amide bonds. The molecule has 40 heavy (non-hydrogen) atoms. The van der Waals surface area contributed by atoms with Crippen molar-refractivity contribution in [3.8, 4) is 11.5 Å². The van der Waals surface area contributed by atoms with Gasteiger partial charge < -0.3 is 16.2 Å². The number of aromatic nitrogens is 6. The fourth-order valence-electron chi connectivity index (χ4n) is 4.32. The zero-order chi connectivity index (χ0) is 29.0. The van der Waals surface area contributed by atoms with Crippen LogP contribution in [0.25, 0.3) is 22.6 Å². The van der Waals surface area contributed by atoms with E-state index in [1.54, 1.807) is 12.3 Å². The third-order valence-corrected chi connectivity index (χ3v) is 7.58. The van der Waals surface area contributed by atoms with E-state index in [0.717, 1.165) is 16.0 Å². The first-order valence-electron chi connectivity index (χ1n) is 11.6. The third-order valence-electron chi connectivity index (χ3n) is 6.47. The number of hydrogen-bond acceptors (Lipinski definition) is 9. The molecule has 4 aromatic rings. The first-order chi connectivity index (χ1) is 18.7. The number of aliphatic carboxylic acids is 1. The lowest BCUT2D eigenvalue weighted by atomic mass is 9.85. The van der Waals surface area contributed by atoms with Crippen LogP contribution >= 0.6 is 11.3 Å². The standard InChI is InChI=1S/C23H19F5N8O3S/c1-21(20-31-10(9-40-20)4-5-12(37)38)13-15(29)32-17(33-16(13)34-19(21)39)14-11-3-2-7-30-18(11)36(35-14)8-6-22(24,25)23(26,27)28/h2-3,7,9H,4-6,8H2,1H3,(H,37,38)(H3,29,32,33,34,39)/t21-/m0/s1. The predicted octanol–water partition coefficient (Wildman–Crippen LogP) is 3.79. The van der Waals surface area contributed by atoms with Gasteiger partial charge in [-0.15, -0.1) is 11.3 Å². The van der Waals surface area contributed by atoms with E-state index in [0.29, 0.717) is 10.7 Å². The van der Waals surface area contributed by atoms with Crippen molar-refractivity contribution in [2.45, 2.75) is 50.2 Å². The van der Waals surface area contributed by atoms with Gasteiger partial charge in [-0.05, 0) is 19.1 Å². The number of amides is 1. The van der Waals surface area contributed by atoms with Gasteiger partial charge in [-0.1, -0.05) is 0 Å². The second kappa shape index (κ2) is 9.42.